The SMILES string of the molecule is CSc1nc(C)ccc1NC(C)c1cc(C)cc2c(=O)n(C)c(N3CCN(CC(F)(F)F)CC3)cc12. The van der Waals surface area contributed by atoms with Gasteiger partial charge in [-0.25, -0.2) is 4.98 Å². The first-order valence-corrected chi connectivity index (χ1v) is 13.2. The molecule has 3 aromatic rings. The third kappa shape index (κ3) is 5.64. The van der Waals surface area contributed by atoms with Gasteiger partial charge in [-0.05, 0) is 67.8 Å². The van der Waals surface area contributed by atoms with Crippen LogP contribution in [0.1, 0.15) is 29.8 Å². The molecule has 0 spiro atoms. The molecule has 0 saturated carbocycles. The molecule has 1 aliphatic heterocycles. The van der Waals surface area contributed by atoms with Gasteiger partial charge in [-0.3, -0.25) is 14.3 Å². The van der Waals surface area contributed by atoms with Crippen molar-refractivity contribution in [2.24, 2.45) is 7.05 Å². The third-order valence-corrected chi connectivity index (χ3v) is 7.34. The van der Waals surface area contributed by atoms with E-state index in [4.69, 9.17) is 0 Å². The number of aryl methyl sites for hydroxylation is 2. The van der Waals surface area contributed by atoms with Crippen molar-refractivity contribution in [3.8, 4) is 0 Å². The number of thioether (sulfide) groups is 1. The van der Waals surface area contributed by atoms with Crippen molar-refractivity contribution in [3.63, 3.8) is 0 Å². The number of hydrogen-bond donors (Lipinski definition) is 1. The van der Waals surface area contributed by atoms with Gasteiger partial charge >= 0.3 is 6.18 Å². The maximum atomic E-state index is 13.4. The standard InChI is InChI=1S/C26H32F3N5OS/c1-16-12-19(18(3)31-22-7-6-17(2)30-24(22)36-5)20-14-23(32(4)25(35)21(20)13-16)34-10-8-33(9-11-34)15-26(27,28)29/h6-7,12-14,18,31H,8-11,15H2,1-5H3. The van der Waals surface area contributed by atoms with Gasteiger partial charge in [-0.1, -0.05) is 6.07 Å². The largest absolute Gasteiger partial charge is 0.401 e. The third-order valence-electron chi connectivity index (χ3n) is 6.64. The summed E-state index contributed by atoms with van der Waals surface area (Å²) < 4.78 is 40.1. The van der Waals surface area contributed by atoms with Crippen LogP contribution in [0.4, 0.5) is 24.7 Å². The molecule has 2 aromatic heterocycles. The number of halogens is 3. The minimum absolute atomic E-state index is 0.105. The number of aromatic nitrogens is 2. The Kier molecular flexibility index (Phi) is 7.56. The van der Waals surface area contributed by atoms with Gasteiger partial charge in [0.05, 0.1) is 12.2 Å². The smallest absolute Gasteiger partial charge is 0.376 e. The second-order valence-corrected chi connectivity index (χ2v) is 10.2. The number of piperazine rings is 1. The van der Waals surface area contributed by atoms with E-state index in [0.29, 0.717) is 31.6 Å². The molecule has 1 atom stereocenters. The van der Waals surface area contributed by atoms with E-state index in [0.717, 1.165) is 38.7 Å². The zero-order chi connectivity index (χ0) is 26.2. The van der Waals surface area contributed by atoms with Gasteiger partial charge in [0.2, 0.25) is 0 Å². The van der Waals surface area contributed by atoms with Gasteiger partial charge in [0.15, 0.2) is 0 Å². The molecule has 6 nitrogen and oxygen atoms in total. The Morgan fingerprint density at radius 1 is 1.08 bits per heavy atom. The lowest BCUT2D eigenvalue weighted by molar-refractivity contribution is -0.146. The van der Waals surface area contributed by atoms with Gasteiger partial charge in [0.1, 0.15) is 10.8 Å². The van der Waals surface area contributed by atoms with Crippen molar-refractivity contribution in [1.82, 2.24) is 14.5 Å². The molecule has 1 saturated heterocycles. The lowest BCUT2D eigenvalue weighted by atomic mass is 9.97. The molecule has 1 aliphatic rings. The summed E-state index contributed by atoms with van der Waals surface area (Å²) in [6.07, 6.45) is -2.22. The summed E-state index contributed by atoms with van der Waals surface area (Å²) in [4.78, 5) is 21.4. The van der Waals surface area contributed by atoms with Crippen LogP contribution in [0, 0.1) is 13.8 Å². The predicted molar refractivity (Wildman–Crippen MR) is 141 cm³/mol. The maximum Gasteiger partial charge on any atom is 0.401 e. The van der Waals surface area contributed by atoms with Crippen LogP contribution in [0.15, 0.2) is 40.2 Å². The monoisotopic (exact) mass is 519 g/mol. The Morgan fingerprint density at radius 2 is 1.78 bits per heavy atom. The van der Waals surface area contributed by atoms with E-state index < -0.39 is 12.7 Å². The lowest BCUT2D eigenvalue weighted by Gasteiger charge is -2.37. The minimum Gasteiger partial charge on any atom is -0.376 e. The number of pyridine rings is 2. The molecule has 0 amide bonds. The summed E-state index contributed by atoms with van der Waals surface area (Å²) in [6.45, 7) is 6.53. The van der Waals surface area contributed by atoms with E-state index in [2.05, 4.69) is 23.3 Å². The number of nitrogens with one attached hydrogen (secondary N) is 1. The Bertz CT molecular complexity index is 1320. The summed E-state index contributed by atoms with van der Waals surface area (Å²) in [5.41, 5.74) is 3.75. The van der Waals surface area contributed by atoms with Crippen LogP contribution >= 0.6 is 11.8 Å². The number of rotatable bonds is 6. The molecule has 0 bridgehead atoms. The highest BCUT2D eigenvalue weighted by atomic mass is 32.2. The molecule has 1 N–H and O–H groups in total. The highest BCUT2D eigenvalue weighted by Gasteiger charge is 2.32. The molecular formula is C26H32F3N5OS. The first-order valence-electron chi connectivity index (χ1n) is 11.9. The van der Waals surface area contributed by atoms with E-state index in [1.807, 2.05) is 49.3 Å². The van der Waals surface area contributed by atoms with Crippen LogP contribution < -0.4 is 15.8 Å². The lowest BCUT2D eigenvalue weighted by Crippen LogP contribution is -2.50. The second-order valence-electron chi connectivity index (χ2n) is 9.44. The number of alkyl halides is 3. The number of hydrogen-bond acceptors (Lipinski definition) is 6. The predicted octanol–water partition coefficient (Wildman–Crippen LogP) is 5.13. The number of fused-ring (bicyclic) bond motifs is 1. The number of anilines is 2. The molecule has 0 radical (unpaired) electrons. The molecule has 36 heavy (non-hydrogen) atoms. The summed E-state index contributed by atoms with van der Waals surface area (Å²) >= 11 is 1.57. The molecule has 1 fully saturated rings. The van der Waals surface area contributed by atoms with Gasteiger partial charge in [0.25, 0.3) is 5.56 Å². The zero-order valence-corrected chi connectivity index (χ0v) is 22.1. The summed E-state index contributed by atoms with van der Waals surface area (Å²) in [7, 11) is 1.73. The van der Waals surface area contributed by atoms with Crippen LogP contribution in [-0.2, 0) is 7.05 Å². The number of benzene rings is 1. The van der Waals surface area contributed by atoms with Crippen molar-refractivity contribution in [2.75, 3.05) is 49.2 Å². The van der Waals surface area contributed by atoms with Gasteiger partial charge in [0, 0.05) is 50.3 Å². The fourth-order valence-corrected chi connectivity index (χ4v) is 5.42. The van der Waals surface area contributed by atoms with E-state index in [1.165, 1.54) is 4.90 Å². The van der Waals surface area contributed by atoms with Gasteiger partial charge < -0.3 is 10.2 Å². The van der Waals surface area contributed by atoms with E-state index in [-0.39, 0.29) is 11.6 Å². The van der Waals surface area contributed by atoms with Crippen LogP contribution in [0.5, 0.6) is 0 Å². The Morgan fingerprint density at radius 3 is 2.42 bits per heavy atom. The fourth-order valence-electron chi connectivity index (χ4n) is 4.83. The normalized spacial score (nSPS) is 15.9. The van der Waals surface area contributed by atoms with E-state index >= 15 is 0 Å². The van der Waals surface area contributed by atoms with E-state index in [9.17, 15) is 18.0 Å². The Balaban J connectivity index is 1.69. The van der Waals surface area contributed by atoms with Gasteiger partial charge in [-0.2, -0.15) is 13.2 Å². The first-order chi connectivity index (χ1) is 17.0. The minimum atomic E-state index is -4.21. The first kappa shape index (κ1) is 26.3. The Hall–Kier alpha value is -2.72. The van der Waals surface area contributed by atoms with Crippen molar-refractivity contribution in [2.45, 2.75) is 38.0 Å². The zero-order valence-electron chi connectivity index (χ0n) is 21.2. The summed E-state index contributed by atoms with van der Waals surface area (Å²) in [5.74, 6) is 0.721. The van der Waals surface area contributed by atoms with Crippen molar-refractivity contribution >= 4 is 34.0 Å². The highest BCUT2D eigenvalue weighted by Crippen LogP contribution is 2.32. The molecule has 0 aliphatic carbocycles. The summed E-state index contributed by atoms with van der Waals surface area (Å²) in [6, 6.07) is 9.88. The molecule has 4 rings (SSSR count). The molecule has 1 unspecified atom stereocenters. The summed E-state index contributed by atoms with van der Waals surface area (Å²) in [5, 5.41) is 5.96. The van der Waals surface area contributed by atoms with Gasteiger partial charge in [-0.15, -0.1) is 11.8 Å². The number of nitrogens with zero attached hydrogens (tertiary/aromatic N) is 4. The Labute approximate surface area is 213 Å². The van der Waals surface area contributed by atoms with Crippen molar-refractivity contribution < 1.29 is 13.2 Å². The molecule has 1 aromatic carbocycles. The average molecular weight is 520 g/mol. The van der Waals surface area contributed by atoms with E-state index in [1.54, 1.807) is 23.4 Å². The highest BCUT2D eigenvalue weighted by molar-refractivity contribution is 7.98. The van der Waals surface area contributed by atoms with Crippen LogP contribution in [0.2, 0.25) is 0 Å². The molecule has 3 heterocycles. The fraction of sp³-hybridized carbons (Fsp3) is 0.462. The average Bonchev–Trinajstić information content (AvgIpc) is 2.82. The second kappa shape index (κ2) is 10.3. The molecular weight excluding hydrogens is 487 g/mol. The van der Waals surface area contributed by atoms with Crippen LogP contribution in [0.25, 0.3) is 10.8 Å². The van der Waals surface area contributed by atoms with Crippen LogP contribution in [0.3, 0.4) is 0 Å². The molecule has 10 heteroatoms. The molecule has 194 valence electrons. The topological polar surface area (TPSA) is 53.4 Å². The van der Waals surface area contributed by atoms with Crippen molar-refractivity contribution in [3.05, 3.63) is 57.5 Å². The quantitative estimate of drug-likeness (QED) is 0.456. The van der Waals surface area contributed by atoms with Crippen LogP contribution in [-0.4, -0.2) is 59.6 Å². The van der Waals surface area contributed by atoms with Crippen molar-refractivity contribution in [1.29, 1.82) is 0 Å². The maximum absolute atomic E-state index is 13.4.